The van der Waals surface area contributed by atoms with Crippen LogP contribution in [0, 0.1) is 5.82 Å². The first-order valence-electron chi connectivity index (χ1n) is 5.98. The van der Waals surface area contributed by atoms with Crippen LogP contribution >= 0.6 is 11.3 Å². The molecule has 3 rings (SSSR count). The Morgan fingerprint density at radius 2 is 2.21 bits per heavy atom. The number of aromatic nitrogens is 1. The van der Waals surface area contributed by atoms with Crippen LogP contribution in [0.3, 0.4) is 0 Å². The molecule has 0 aliphatic heterocycles. The Morgan fingerprint density at radius 3 is 2.89 bits per heavy atom. The fraction of sp³-hybridized carbons (Fsp3) is 0.231. The van der Waals surface area contributed by atoms with E-state index in [0.29, 0.717) is 22.3 Å². The minimum Gasteiger partial charge on any atom is -0.381 e. The van der Waals surface area contributed by atoms with Crippen molar-refractivity contribution in [3.8, 4) is 0 Å². The normalized spacial score (nSPS) is 14.2. The predicted molar refractivity (Wildman–Crippen MR) is 73.1 cm³/mol. The van der Waals surface area contributed by atoms with Gasteiger partial charge in [-0.1, -0.05) is 0 Å². The maximum absolute atomic E-state index is 13.3. The minimum atomic E-state index is -0.320. The van der Waals surface area contributed by atoms with Gasteiger partial charge in [-0.25, -0.2) is 4.39 Å². The first-order chi connectivity index (χ1) is 9.22. The summed E-state index contributed by atoms with van der Waals surface area (Å²) >= 11 is 1.27. The molecule has 0 atom stereocenters. The Balaban J connectivity index is 1.81. The molecule has 0 spiro atoms. The molecule has 4 nitrogen and oxygen atoms in total. The lowest BCUT2D eigenvalue weighted by Crippen LogP contribution is -2.13. The molecule has 6 heteroatoms. The molecule has 1 fully saturated rings. The summed E-state index contributed by atoms with van der Waals surface area (Å²) in [6.07, 6.45) is 3.68. The average Bonchev–Trinajstić information content (AvgIpc) is 3.03. The Bertz CT molecular complexity index is 596. The van der Waals surface area contributed by atoms with Crippen molar-refractivity contribution >= 4 is 28.6 Å². The van der Waals surface area contributed by atoms with Gasteiger partial charge in [0.2, 0.25) is 0 Å². The molecule has 1 aromatic carbocycles. The van der Waals surface area contributed by atoms with Crippen LogP contribution in [-0.4, -0.2) is 16.9 Å². The first kappa shape index (κ1) is 12.1. The number of thiazole rings is 1. The molecule has 0 saturated heterocycles. The Hall–Kier alpha value is -1.95. The van der Waals surface area contributed by atoms with Crippen LogP contribution < -0.4 is 10.6 Å². The van der Waals surface area contributed by atoms with Gasteiger partial charge in [-0.15, -0.1) is 11.3 Å². The number of carbonyl (C=O) groups excluding carboxylic acids is 1. The van der Waals surface area contributed by atoms with Crippen LogP contribution in [0.15, 0.2) is 29.9 Å². The summed E-state index contributed by atoms with van der Waals surface area (Å²) < 4.78 is 13.3. The summed E-state index contributed by atoms with van der Waals surface area (Å²) in [6.45, 7) is 0. The summed E-state index contributed by atoms with van der Waals surface area (Å²) in [5.74, 6) is -0.549. The highest BCUT2D eigenvalue weighted by molar-refractivity contribution is 7.11. The number of benzene rings is 1. The summed E-state index contributed by atoms with van der Waals surface area (Å²) in [5.41, 5.74) is 2.82. The van der Waals surface area contributed by atoms with Crippen molar-refractivity contribution < 1.29 is 9.18 Å². The van der Waals surface area contributed by atoms with Gasteiger partial charge in [-0.05, 0) is 31.0 Å². The highest BCUT2D eigenvalue weighted by atomic mass is 32.1. The first-order valence-corrected chi connectivity index (χ1v) is 6.86. The van der Waals surface area contributed by atoms with Gasteiger partial charge in [0.1, 0.15) is 10.7 Å². The van der Waals surface area contributed by atoms with E-state index in [-0.39, 0.29) is 11.7 Å². The second kappa shape index (κ2) is 4.97. The average molecular weight is 277 g/mol. The zero-order chi connectivity index (χ0) is 13.2. The molecule has 1 aromatic heterocycles. The van der Waals surface area contributed by atoms with Gasteiger partial charge >= 0.3 is 0 Å². The molecule has 2 N–H and O–H groups in total. The van der Waals surface area contributed by atoms with Crippen LogP contribution in [0.5, 0.6) is 0 Å². The number of hydrogen-bond donors (Lipinski definition) is 2. The van der Waals surface area contributed by atoms with E-state index in [9.17, 15) is 9.18 Å². The summed E-state index contributed by atoms with van der Waals surface area (Å²) in [4.78, 5) is 16.3. The lowest BCUT2D eigenvalue weighted by atomic mass is 10.2. The van der Waals surface area contributed by atoms with E-state index in [1.807, 2.05) is 0 Å². The Labute approximate surface area is 113 Å². The number of nitrogens with zero attached hydrogens (tertiary/aromatic N) is 1. The number of rotatable bonds is 4. The largest absolute Gasteiger partial charge is 0.381 e. The van der Waals surface area contributed by atoms with E-state index in [1.54, 1.807) is 11.6 Å². The van der Waals surface area contributed by atoms with E-state index in [0.717, 1.165) is 12.8 Å². The van der Waals surface area contributed by atoms with Crippen LogP contribution in [0.2, 0.25) is 0 Å². The van der Waals surface area contributed by atoms with E-state index in [1.165, 1.54) is 29.7 Å². The SMILES string of the molecule is O=C(Nc1ccc(F)cc1NC1CC1)c1cncs1. The van der Waals surface area contributed by atoms with Gasteiger partial charge in [0, 0.05) is 6.04 Å². The van der Waals surface area contributed by atoms with Crippen molar-refractivity contribution in [2.24, 2.45) is 0 Å². The molecule has 1 aliphatic carbocycles. The lowest BCUT2D eigenvalue weighted by Gasteiger charge is -2.12. The lowest BCUT2D eigenvalue weighted by molar-refractivity contribution is 0.103. The zero-order valence-corrected chi connectivity index (χ0v) is 10.8. The van der Waals surface area contributed by atoms with Gasteiger partial charge in [-0.3, -0.25) is 9.78 Å². The minimum absolute atomic E-state index is 0.229. The predicted octanol–water partition coefficient (Wildman–Crippen LogP) is 3.11. The highest BCUT2D eigenvalue weighted by Gasteiger charge is 2.22. The second-order valence-corrected chi connectivity index (χ2v) is 5.31. The van der Waals surface area contributed by atoms with Crippen LogP contribution in [0.25, 0.3) is 0 Å². The third-order valence-electron chi connectivity index (χ3n) is 2.82. The van der Waals surface area contributed by atoms with Gasteiger partial charge in [0.05, 0.1) is 23.1 Å². The van der Waals surface area contributed by atoms with Gasteiger partial charge in [0.15, 0.2) is 0 Å². The smallest absolute Gasteiger partial charge is 0.267 e. The number of halogens is 1. The van der Waals surface area contributed by atoms with Crippen LogP contribution in [-0.2, 0) is 0 Å². The van der Waals surface area contributed by atoms with Crippen LogP contribution in [0.1, 0.15) is 22.5 Å². The fourth-order valence-electron chi connectivity index (χ4n) is 1.70. The topological polar surface area (TPSA) is 54.0 Å². The Morgan fingerprint density at radius 1 is 1.37 bits per heavy atom. The van der Waals surface area contributed by atoms with Gasteiger partial charge < -0.3 is 10.6 Å². The second-order valence-electron chi connectivity index (χ2n) is 4.43. The summed E-state index contributed by atoms with van der Waals surface area (Å²) in [6, 6.07) is 4.70. The third-order valence-corrected chi connectivity index (χ3v) is 3.59. The van der Waals surface area contributed by atoms with E-state index < -0.39 is 0 Å². The molecule has 0 bridgehead atoms. The van der Waals surface area contributed by atoms with Crippen LogP contribution in [0.4, 0.5) is 15.8 Å². The van der Waals surface area contributed by atoms with Crippen molar-refractivity contribution in [3.63, 3.8) is 0 Å². The Kier molecular flexibility index (Phi) is 3.16. The number of carbonyl (C=O) groups is 1. The summed E-state index contributed by atoms with van der Waals surface area (Å²) in [5, 5.41) is 5.98. The number of anilines is 2. The molecule has 1 aliphatic rings. The molecule has 0 unspecified atom stereocenters. The molecule has 1 heterocycles. The van der Waals surface area contributed by atoms with Crippen molar-refractivity contribution in [1.82, 2.24) is 4.98 Å². The number of hydrogen-bond acceptors (Lipinski definition) is 4. The number of nitrogens with one attached hydrogen (secondary N) is 2. The molecule has 0 radical (unpaired) electrons. The molecule has 98 valence electrons. The van der Waals surface area contributed by atoms with Crippen molar-refractivity contribution in [2.45, 2.75) is 18.9 Å². The monoisotopic (exact) mass is 277 g/mol. The molecule has 1 amide bonds. The molecular formula is C13H12FN3OS. The highest BCUT2D eigenvalue weighted by Crippen LogP contribution is 2.30. The molecule has 2 aromatic rings. The van der Waals surface area contributed by atoms with Crippen molar-refractivity contribution in [1.29, 1.82) is 0 Å². The van der Waals surface area contributed by atoms with Gasteiger partial charge in [-0.2, -0.15) is 0 Å². The van der Waals surface area contributed by atoms with Crippen molar-refractivity contribution in [3.05, 3.63) is 40.6 Å². The standard InChI is InChI=1S/C13H12FN3OS/c14-8-1-4-10(11(5-8)16-9-2-3-9)17-13(18)12-6-15-7-19-12/h1,4-7,9,16H,2-3H2,(H,17,18). The van der Waals surface area contributed by atoms with Gasteiger partial charge in [0.25, 0.3) is 5.91 Å². The van der Waals surface area contributed by atoms with Crippen molar-refractivity contribution in [2.75, 3.05) is 10.6 Å². The van der Waals surface area contributed by atoms with E-state index >= 15 is 0 Å². The number of amides is 1. The molecule has 1 saturated carbocycles. The maximum Gasteiger partial charge on any atom is 0.267 e. The quantitative estimate of drug-likeness (QED) is 0.903. The van der Waals surface area contributed by atoms with E-state index in [4.69, 9.17) is 0 Å². The fourth-order valence-corrected chi connectivity index (χ4v) is 2.22. The summed E-state index contributed by atoms with van der Waals surface area (Å²) in [7, 11) is 0. The third kappa shape index (κ3) is 2.90. The molecular weight excluding hydrogens is 265 g/mol. The maximum atomic E-state index is 13.3. The zero-order valence-electron chi connectivity index (χ0n) is 10.0. The molecule has 19 heavy (non-hydrogen) atoms. The van der Waals surface area contributed by atoms with E-state index in [2.05, 4.69) is 15.6 Å².